The summed E-state index contributed by atoms with van der Waals surface area (Å²) in [5.41, 5.74) is 1.20. The first kappa shape index (κ1) is 9.97. The summed E-state index contributed by atoms with van der Waals surface area (Å²) in [4.78, 5) is 0. The largest absolute Gasteiger partial charge is 0.486 e. The predicted molar refractivity (Wildman–Crippen MR) is 59.9 cm³/mol. The van der Waals surface area contributed by atoms with E-state index in [0.29, 0.717) is 19.1 Å². The third-order valence-corrected chi connectivity index (χ3v) is 3.20. The van der Waals surface area contributed by atoms with Crippen LogP contribution in [0.15, 0.2) is 18.2 Å². The number of benzene rings is 1. The van der Waals surface area contributed by atoms with Gasteiger partial charge in [-0.3, -0.25) is 0 Å². The Kier molecular flexibility index (Phi) is 2.48. The van der Waals surface area contributed by atoms with Crippen LogP contribution in [-0.2, 0) is 4.74 Å². The van der Waals surface area contributed by atoms with Gasteiger partial charge in [-0.1, -0.05) is 6.07 Å². The molecule has 1 aliphatic carbocycles. The molecule has 1 heterocycles. The monoisotopic (exact) mass is 220 g/mol. The Hall–Kier alpha value is -1.22. The van der Waals surface area contributed by atoms with Gasteiger partial charge in [0.15, 0.2) is 11.5 Å². The molecule has 3 heteroatoms. The Bertz CT molecular complexity index is 385. The molecule has 1 unspecified atom stereocenters. The number of hydrogen-bond acceptors (Lipinski definition) is 3. The van der Waals surface area contributed by atoms with Crippen molar-refractivity contribution in [2.75, 3.05) is 20.3 Å². The van der Waals surface area contributed by atoms with E-state index in [4.69, 9.17) is 14.2 Å². The molecule has 1 aliphatic heterocycles. The first-order valence-corrected chi connectivity index (χ1v) is 5.81. The predicted octanol–water partition coefficient (Wildman–Crippen LogP) is 2.56. The van der Waals surface area contributed by atoms with Gasteiger partial charge in [-0.2, -0.15) is 0 Å². The Balaban J connectivity index is 1.89. The fourth-order valence-electron chi connectivity index (χ4n) is 2.24. The Morgan fingerprint density at radius 1 is 1.19 bits per heavy atom. The van der Waals surface area contributed by atoms with E-state index in [1.54, 1.807) is 7.11 Å². The molecule has 3 nitrogen and oxygen atoms in total. The Labute approximate surface area is 95.3 Å². The average Bonchev–Trinajstić information content (AvgIpc) is 3.14. The molecule has 86 valence electrons. The van der Waals surface area contributed by atoms with Gasteiger partial charge in [0.25, 0.3) is 0 Å². The van der Waals surface area contributed by atoms with Crippen LogP contribution in [0.25, 0.3) is 0 Å². The lowest BCUT2D eigenvalue weighted by molar-refractivity contribution is 0.0838. The van der Waals surface area contributed by atoms with E-state index in [0.717, 1.165) is 11.5 Å². The van der Waals surface area contributed by atoms with Crippen molar-refractivity contribution in [1.29, 1.82) is 0 Å². The molecule has 0 N–H and O–H groups in total. The van der Waals surface area contributed by atoms with Crippen molar-refractivity contribution in [1.82, 2.24) is 0 Å². The van der Waals surface area contributed by atoms with Gasteiger partial charge in [-0.15, -0.1) is 0 Å². The second kappa shape index (κ2) is 3.98. The van der Waals surface area contributed by atoms with Crippen LogP contribution in [-0.4, -0.2) is 20.3 Å². The van der Waals surface area contributed by atoms with E-state index >= 15 is 0 Å². The van der Waals surface area contributed by atoms with E-state index in [1.807, 2.05) is 6.07 Å². The fourth-order valence-corrected chi connectivity index (χ4v) is 2.24. The van der Waals surface area contributed by atoms with Crippen molar-refractivity contribution in [3.05, 3.63) is 23.8 Å². The quantitative estimate of drug-likeness (QED) is 0.783. The highest BCUT2D eigenvalue weighted by molar-refractivity contribution is 5.44. The summed E-state index contributed by atoms with van der Waals surface area (Å²) in [6, 6.07) is 6.12. The van der Waals surface area contributed by atoms with E-state index < -0.39 is 0 Å². The standard InChI is InChI=1S/C13H16O3/c1-14-13(9-2-3-9)10-4-5-11-12(8-10)16-7-6-15-11/h4-5,8-9,13H,2-3,6-7H2,1H3. The van der Waals surface area contributed by atoms with Crippen LogP contribution in [0.2, 0.25) is 0 Å². The zero-order valence-electron chi connectivity index (χ0n) is 9.44. The van der Waals surface area contributed by atoms with Crippen molar-refractivity contribution in [3.63, 3.8) is 0 Å². The zero-order chi connectivity index (χ0) is 11.0. The SMILES string of the molecule is COC(c1ccc2c(c1)OCCO2)C1CC1. The average molecular weight is 220 g/mol. The molecule has 0 saturated heterocycles. The van der Waals surface area contributed by atoms with E-state index in [2.05, 4.69) is 12.1 Å². The van der Waals surface area contributed by atoms with Gasteiger partial charge in [0, 0.05) is 7.11 Å². The highest BCUT2D eigenvalue weighted by Gasteiger charge is 2.33. The summed E-state index contributed by atoms with van der Waals surface area (Å²) in [7, 11) is 1.78. The second-order valence-corrected chi connectivity index (χ2v) is 4.40. The van der Waals surface area contributed by atoms with E-state index in [-0.39, 0.29) is 6.10 Å². The first-order valence-electron chi connectivity index (χ1n) is 5.81. The normalized spacial score (nSPS) is 20.6. The highest BCUT2D eigenvalue weighted by atomic mass is 16.6. The topological polar surface area (TPSA) is 27.7 Å². The second-order valence-electron chi connectivity index (χ2n) is 4.40. The molecule has 3 rings (SSSR count). The number of methoxy groups -OCH3 is 1. The number of fused-ring (bicyclic) bond motifs is 1. The molecule has 16 heavy (non-hydrogen) atoms. The molecule has 0 radical (unpaired) electrons. The Morgan fingerprint density at radius 2 is 1.94 bits per heavy atom. The van der Waals surface area contributed by atoms with Crippen LogP contribution in [0.3, 0.4) is 0 Å². The minimum Gasteiger partial charge on any atom is -0.486 e. The lowest BCUT2D eigenvalue weighted by Gasteiger charge is -2.21. The summed E-state index contributed by atoms with van der Waals surface area (Å²) in [6.07, 6.45) is 2.76. The summed E-state index contributed by atoms with van der Waals surface area (Å²) in [6.45, 7) is 1.28. The van der Waals surface area contributed by atoms with Gasteiger partial charge in [-0.25, -0.2) is 0 Å². The van der Waals surface area contributed by atoms with Gasteiger partial charge in [0.1, 0.15) is 13.2 Å². The zero-order valence-corrected chi connectivity index (χ0v) is 9.44. The first-order chi connectivity index (χ1) is 7.88. The molecule has 0 aromatic heterocycles. The third kappa shape index (κ3) is 1.76. The van der Waals surface area contributed by atoms with Gasteiger partial charge >= 0.3 is 0 Å². The molecule has 1 saturated carbocycles. The van der Waals surface area contributed by atoms with Crippen molar-refractivity contribution in [3.8, 4) is 11.5 Å². The van der Waals surface area contributed by atoms with Gasteiger partial charge in [0.2, 0.25) is 0 Å². The van der Waals surface area contributed by atoms with Crippen LogP contribution in [0.4, 0.5) is 0 Å². The van der Waals surface area contributed by atoms with Gasteiger partial charge in [0.05, 0.1) is 6.10 Å². The lowest BCUT2D eigenvalue weighted by atomic mass is 10.0. The van der Waals surface area contributed by atoms with Crippen LogP contribution < -0.4 is 9.47 Å². The van der Waals surface area contributed by atoms with Crippen molar-refractivity contribution >= 4 is 0 Å². The molecule has 1 atom stereocenters. The van der Waals surface area contributed by atoms with Gasteiger partial charge in [-0.05, 0) is 36.5 Å². The van der Waals surface area contributed by atoms with Gasteiger partial charge < -0.3 is 14.2 Å². The van der Waals surface area contributed by atoms with Crippen molar-refractivity contribution in [2.45, 2.75) is 18.9 Å². The molecule has 0 amide bonds. The van der Waals surface area contributed by atoms with E-state index in [9.17, 15) is 0 Å². The van der Waals surface area contributed by atoms with Crippen molar-refractivity contribution < 1.29 is 14.2 Å². The highest BCUT2D eigenvalue weighted by Crippen LogP contribution is 2.44. The smallest absolute Gasteiger partial charge is 0.161 e. The molecule has 2 aliphatic rings. The molecule has 1 aromatic carbocycles. The van der Waals surface area contributed by atoms with E-state index in [1.165, 1.54) is 18.4 Å². The van der Waals surface area contributed by atoms with Crippen LogP contribution in [0, 0.1) is 5.92 Å². The maximum absolute atomic E-state index is 5.58. The Morgan fingerprint density at radius 3 is 2.62 bits per heavy atom. The van der Waals surface area contributed by atoms with Crippen molar-refractivity contribution in [2.24, 2.45) is 5.92 Å². The number of hydrogen-bond donors (Lipinski definition) is 0. The summed E-state index contributed by atoms with van der Waals surface area (Å²) >= 11 is 0. The molecule has 0 bridgehead atoms. The number of ether oxygens (including phenoxy) is 3. The maximum Gasteiger partial charge on any atom is 0.161 e. The molecular formula is C13H16O3. The minimum absolute atomic E-state index is 0.218. The molecule has 1 aromatic rings. The summed E-state index contributed by atoms with van der Waals surface area (Å²) in [5.74, 6) is 2.39. The molecule has 1 fully saturated rings. The summed E-state index contributed by atoms with van der Waals surface area (Å²) < 4.78 is 16.6. The van der Waals surface area contributed by atoms with Crippen LogP contribution in [0.5, 0.6) is 11.5 Å². The van der Waals surface area contributed by atoms with Crippen LogP contribution in [0.1, 0.15) is 24.5 Å². The fraction of sp³-hybridized carbons (Fsp3) is 0.538. The third-order valence-electron chi connectivity index (χ3n) is 3.20. The molecular weight excluding hydrogens is 204 g/mol. The lowest BCUT2D eigenvalue weighted by Crippen LogP contribution is -2.16. The minimum atomic E-state index is 0.218. The maximum atomic E-state index is 5.58. The number of rotatable bonds is 3. The van der Waals surface area contributed by atoms with Crippen LogP contribution >= 0.6 is 0 Å². The molecule has 0 spiro atoms. The summed E-state index contributed by atoms with van der Waals surface area (Å²) in [5, 5.41) is 0.